The number of imide groups is 1. The second-order valence-electron chi connectivity index (χ2n) is 7.43. The van der Waals surface area contributed by atoms with E-state index in [4.69, 9.17) is 0 Å². The van der Waals surface area contributed by atoms with E-state index in [0.717, 1.165) is 35.4 Å². The van der Waals surface area contributed by atoms with Gasteiger partial charge < -0.3 is 10.2 Å². The van der Waals surface area contributed by atoms with Gasteiger partial charge in [0, 0.05) is 11.8 Å². The third kappa shape index (κ3) is 4.02. The minimum atomic E-state index is -4.69. The molecule has 172 valence electrons. The molecular weight excluding hydrogens is 459 g/mol. The Kier molecular flexibility index (Phi) is 6.43. The standard InChI is InChI=1S/C20H17F5N4O2.ClH/c21-14-1-2-15(22)12(9-14)11-28-18(31)29(17(30)19(28)4-7-26-8-5-19)16-10-13(3-6-27-16)20(23,24)25;/h1-3,6,9-10,26H,4-5,7-8,11H2;1H. The number of pyridine rings is 1. The Labute approximate surface area is 185 Å². The number of halogens is 6. The van der Waals surface area contributed by atoms with Crippen LogP contribution in [0.1, 0.15) is 24.0 Å². The van der Waals surface area contributed by atoms with Gasteiger partial charge in [-0.3, -0.25) is 4.79 Å². The van der Waals surface area contributed by atoms with Crippen LogP contribution in [0.2, 0.25) is 0 Å². The Morgan fingerprint density at radius 2 is 1.75 bits per heavy atom. The highest BCUT2D eigenvalue weighted by molar-refractivity contribution is 6.22. The summed E-state index contributed by atoms with van der Waals surface area (Å²) < 4.78 is 67.3. The summed E-state index contributed by atoms with van der Waals surface area (Å²) in [6, 6.07) is 3.18. The number of carbonyl (C=O) groups excluding carboxylic acids is 2. The molecule has 3 amide bonds. The number of hydrogen-bond acceptors (Lipinski definition) is 4. The van der Waals surface area contributed by atoms with Crippen LogP contribution < -0.4 is 10.2 Å². The minimum Gasteiger partial charge on any atom is -0.317 e. The second-order valence-corrected chi connectivity index (χ2v) is 7.43. The Bertz CT molecular complexity index is 1040. The predicted octanol–water partition coefficient (Wildman–Crippen LogP) is 3.89. The van der Waals surface area contributed by atoms with Crippen LogP contribution in [-0.2, 0) is 17.5 Å². The first kappa shape index (κ1) is 23.9. The number of anilines is 1. The highest BCUT2D eigenvalue weighted by Crippen LogP contribution is 2.40. The third-order valence-corrected chi connectivity index (χ3v) is 5.61. The fourth-order valence-electron chi connectivity index (χ4n) is 4.01. The molecular formula is C20H18ClF5N4O2. The number of alkyl halides is 3. The van der Waals surface area contributed by atoms with Gasteiger partial charge in [0.05, 0.1) is 12.1 Å². The lowest BCUT2D eigenvalue weighted by Crippen LogP contribution is -2.55. The molecule has 0 bridgehead atoms. The highest BCUT2D eigenvalue weighted by Gasteiger charge is 2.58. The summed E-state index contributed by atoms with van der Waals surface area (Å²) in [5.74, 6) is -2.68. The van der Waals surface area contributed by atoms with E-state index in [0.29, 0.717) is 24.1 Å². The van der Waals surface area contributed by atoms with Crippen molar-refractivity contribution < 1.29 is 31.5 Å². The summed E-state index contributed by atoms with van der Waals surface area (Å²) in [6.45, 7) is 0.319. The molecule has 0 unspecified atom stereocenters. The molecule has 1 spiro atoms. The summed E-state index contributed by atoms with van der Waals surface area (Å²) in [6.07, 6.45) is -3.49. The van der Waals surface area contributed by atoms with E-state index in [1.807, 2.05) is 0 Å². The zero-order valence-corrected chi connectivity index (χ0v) is 17.3. The number of aromatic nitrogens is 1. The molecule has 2 aliphatic rings. The Morgan fingerprint density at radius 3 is 2.41 bits per heavy atom. The lowest BCUT2D eigenvalue weighted by atomic mass is 9.86. The van der Waals surface area contributed by atoms with Crippen LogP contribution in [0.15, 0.2) is 36.5 Å². The average Bonchev–Trinajstić information content (AvgIpc) is 2.92. The number of hydrogen-bond donors (Lipinski definition) is 1. The smallest absolute Gasteiger partial charge is 0.317 e. The van der Waals surface area contributed by atoms with E-state index in [9.17, 15) is 31.5 Å². The van der Waals surface area contributed by atoms with Crippen LogP contribution in [0.5, 0.6) is 0 Å². The highest BCUT2D eigenvalue weighted by atomic mass is 35.5. The number of urea groups is 1. The monoisotopic (exact) mass is 476 g/mol. The lowest BCUT2D eigenvalue weighted by molar-refractivity contribution is -0.137. The number of rotatable bonds is 3. The number of nitrogens with one attached hydrogen (secondary N) is 1. The van der Waals surface area contributed by atoms with Crippen LogP contribution in [-0.4, -0.2) is 40.5 Å². The maximum Gasteiger partial charge on any atom is 0.416 e. The van der Waals surface area contributed by atoms with E-state index < -0.39 is 53.2 Å². The van der Waals surface area contributed by atoms with Crippen molar-refractivity contribution in [2.75, 3.05) is 18.0 Å². The van der Waals surface area contributed by atoms with Crippen molar-refractivity contribution >= 4 is 30.2 Å². The summed E-state index contributed by atoms with van der Waals surface area (Å²) in [5, 5.41) is 3.05. The van der Waals surface area contributed by atoms with Gasteiger partial charge in [0.25, 0.3) is 5.91 Å². The molecule has 1 aromatic heterocycles. The number of amides is 3. The zero-order valence-electron chi connectivity index (χ0n) is 16.5. The molecule has 0 radical (unpaired) electrons. The van der Waals surface area contributed by atoms with Gasteiger partial charge in [-0.15, -0.1) is 12.4 Å². The Morgan fingerprint density at radius 1 is 1.06 bits per heavy atom. The van der Waals surface area contributed by atoms with Gasteiger partial charge >= 0.3 is 12.2 Å². The van der Waals surface area contributed by atoms with Gasteiger partial charge in [0.15, 0.2) is 0 Å². The minimum absolute atomic E-state index is 0. The maximum absolute atomic E-state index is 14.3. The van der Waals surface area contributed by atoms with Crippen molar-refractivity contribution in [3.63, 3.8) is 0 Å². The number of benzene rings is 1. The molecule has 2 fully saturated rings. The lowest BCUT2D eigenvalue weighted by Gasteiger charge is -2.38. The molecule has 32 heavy (non-hydrogen) atoms. The second kappa shape index (κ2) is 8.62. The van der Waals surface area contributed by atoms with Crippen LogP contribution >= 0.6 is 12.4 Å². The Hall–Kier alpha value is -2.79. The summed E-state index contributed by atoms with van der Waals surface area (Å²) in [7, 11) is 0. The molecule has 0 aliphatic carbocycles. The normalized spacial score (nSPS) is 18.3. The molecule has 1 N–H and O–H groups in total. The number of carbonyl (C=O) groups is 2. The van der Waals surface area contributed by atoms with Crippen molar-refractivity contribution in [1.82, 2.24) is 15.2 Å². The molecule has 0 atom stereocenters. The molecule has 0 saturated carbocycles. The van der Waals surface area contributed by atoms with E-state index in [2.05, 4.69) is 10.3 Å². The van der Waals surface area contributed by atoms with E-state index in [1.165, 1.54) is 0 Å². The molecule has 2 saturated heterocycles. The molecule has 6 nitrogen and oxygen atoms in total. The van der Waals surface area contributed by atoms with Gasteiger partial charge in [-0.25, -0.2) is 23.5 Å². The van der Waals surface area contributed by atoms with Crippen molar-refractivity contribution in [3.8, 4) is 0 Å². The first-order valence-electron chi connectivity index (χ1n) is 9.47. The quantitative estimate of drug-likeness (QED) is 0.539. The maximum atomic E-state index is 14.3. The van der Waals surface area contributed by atoms with Gasteiger partial charge in [-0.2, -0.15) is 13.2 Å². The zero-order chi connectivity index (χ0) is 22.4. The Balaban J connectivity index is 0.00000289. The van der Waals surface area contributed by atoms with Crippen LogP contribution in [0, 0.1) is 11.6 Å². The molecule has 3 heterocycles. The average molecular weight is 477 g/mol. The van der Waals surface area contributed by atoms with E-state index >= 15 is 0 Å². The van der Waals surface area contributed by atoms with Crippen molar-refractivity contribution in [2.24, 2.45) is 0 Å². The van der Waals surface area contributed by atoms with E-state index in [-0.39, 0.29) is 30.8 Å². The predicted molar refractivity (Wildman–Crippen MR) is 106 cm³/mol. The van der Waals surface area contributed by atoms with Crippen LogP contribution in [0.4, 0.5) is 32.6 Å². The first-order chi connectivity index (χ1) is 14.6. The van der Waals surface area contributed by atoms with Crippen molar-refractivity contribution in [2.45, 2.75) is 31.1 Å². The first-order valence-corrected chi connectivity index (χ1v) is 9.47. The van der Waals surface area contributed by atoms with Crippen molar-refractivity contribution in [3.05, 3.63) is 59.3 Å². The van der Waals surface area contributed by atoms with E-state index in [1.54, 1.807) is 0 Å². The SMILES string of the molecule is Cl.O=C1N(c2cc(C(F)(F)F)ccn2)C(=O)C2(CCNCC2)N1Cc1cc(F)ccc1F. The fourth-order valence-corrected chi connectivity index (χ4v) is 4.01. The summed E-state index contributed by atoms with van der Waals surface area (Å²) >= 11 is 0. The van der Waals surface area contributed by atoms with Gasteiger partial charge in [-0.05, 0) is 56.3 Å². The third-order valence-electron chi connectivity index (χ3n) is 5.61. The molecule has 1 aromatic carbocycles. The number of piperidine rings is 1. The molecule has 4 rings (SSSR count). The topological polar surface area (TPSA) is 65.5 Å². The van der Waals surface area contributed by atoms with Gasteiger partial charge in [-0.1, -0.05) is 0 Å². The largest absolute Gasteiger partial charge is 0.416 e. The molecule has 2 aromatic rings. The summed E-state index contributed by atoms with van der Waals surface area (Å²) in [4.78, 5) is 32.1. The molecule has 12 heteroatoms. The number of nitrogens with zero attached hydrogens (tertiary/aromatic N) is 3. The van der Waals surface area contributed by atoms with Crippen LogP contribution in [0.25, 0.3) is 0 Å². The van der Waals surface area contributed by atoms with Gasteiger partial charge in [0.1, 0.15) is 23.0 Å². The fraction of sp³-hybridized carbons (Fsp3) is 0.350. The van der Waals surface area contributed by atoms with Gasteiger partial charge in [0.2, 0.25) is 0 Å². The van der Waals surface area contributed by atoms with Crippen molar-refractivity contribution in [1.29, 1.82) is 0 Å². The van der Waals surface area contributed by atoms with Crippen LogP contribution in [0.3, 0.4) is 0 Å². The molecule has 2 aliphatic heterocycles. The summed E-state index contributed by atoms with van der Waals surface area (Å²) in [5.41, 5.74) is -2.60.